The minimum Gasteiger partial charge on any atom is -0.352 e. The zero-order chi connectivity index (χ0) is 23.7. The Labute approximate surface area is 192 Å². The molecule has 0 spiro atoms. The highest BCUT2D eigenvalue weighted by molar-refractivity contribution is 7.54. The fourth-order valence-corrected chi connectivity index (χ4v) is 4.79. The molecule has 2 N–H and O–H groups in total. The van der Waals surface area contributed by atoms with Gasteiger partial charge in [0.2, 0.25) is 5.91 Å². The van der Waals surface area contributed by atoms with Crippen LogP contribution in [-0.4, -0.2) is 31.6 Å². The molecule has 174 valence electrons. The standard InChI is InChI=1S/C22H27ClFN2O5P/c1-4-30-32(29,31-5-2)14-20(28)25-19-8-6-7-17(24)22(21(19)23)26-18-10-9-15(3)13-16(18)11-12-27/h6,8-10,12-13,26H,4-5,7,11,14H2,1-3H3,(H,25,28). The fourth-order valence-electron chi connectivity index (χ4n) is 3.05. The van der Waals surface area contributed by atoms with E-state index < -0.39 is 25.5 Å². The van der Waals surface area contributed by atoms with Crippen molar-refractivity contribution in [3.63, 3.8) is 0 Å². The molecule has 2 rings (SSSR count). The zero-order valence-electron chi connectivity index (χ0n) is 18.2. The summed E-state index contributed by atoms with van der Waals surface area (Å²) in [6.07, 6.45) is 3.33. The van der Waals surface area contributed by atoms with Crippen molar-refractivity contribution in [3.05, 3.63) is 63.7 Å². The van der Waals surface area contributed by atoms with Crippen LogP contribution in [0.15, 0.2) is 52.6 Å². The van der Waals surface area contributed by atoms with Crippen LogP contribution in [0, 0.1) is 6.92 Å². The van der Waals surface area contributed by atoms with Gasteiger partial charge in [0.1, 0.15) is 18.3 Å². The summed E-state index contributed by atoms with van der Waals surface area (Å²) >= 11 is 6.45. The third kappa shape index (κ3) is 7.14. The first-order chi connectivity index (χ1) is 15.2. The van der Waals surface area contributed by atoms with Crippen molar-refractivity contribution in [1.82, 2.24) is 5.32 Å². The Morgan fingerprint density at radius 3 is 2.59 bits per heavy atom. The predicted octanol–water partition coefficient (Wildman–Crippen LogP) is 5.12. The average molecular weight is 485 g/mol. The number of carbonyl (C=O) groups excluding carboxylic acids is 2. The highest BCUT2D eigenvalue weighted by Crippen LogP contribution is 2.47. The molecule has 1 aliphatic rings. The second-order valence-electron chi connectivity index (χ2n) is 6.92. The van der Waals surface area contributed by atoms with E-state index in [9.17, 15) is 18.5 Å². The topological polar surface area (TPSA) is 93.7 Å². The smallest absolute Gasteiger partial charge is 0.340 e. The molecule has 0 aromatic heterocycles. The lowest BCUT2D eigenvalue weighted by molar-refractivity contribution is -0.118. The van der Waals surface area contributed by atoms with Crippen LogP contribution in [0.1, 0.15) is 31.4 Å². The first-order valence-corrected chi connectivity index (χ1v) is 12.3. The Morgan fingerprint density at radius 2 is 1.97 bits per heavy atom. The van der Waals surface area contributed by atoms with Crippen LogP contribution in [0.25, 0.3) is 0 Å². The monoisotopic (exact) mass is 484 g/mol. The van der Waals surface area contributed by atoms with Gasteiger partial charge in [0, 0.05) is 18.5 Å². The summed E-state index contributed by atoms with van der Waals surface area (Å²) in [7, 11) is -3.61. The normalized spacial score (nSPS) is 14.4. The van der Waals surface area contributed by atoms with Crippen LogP contribution in [0.3, 0.4) is 0 Å². The average Bonchev–Trinajstić information content (AvgIpc) is 2.83. The Bertz CT molecular complexity index is 996. The fraction of sp³-hybridized carbons (Fsp3) is 0.364. The van der Waals surface area contributed by atoms with Gasteiger partial charge in [0.15, 0.2) is 0 Å². The second kappa shape index (κ2) is 12.1. The Balaban J connectivity index is 2.30. The Kier molecular flexibility index (Phi) is 9.84. The van der Waals surface area contributed by atoms with E-state index in [4.69, 9.17) is 20.6 Å². The molecule has 0 saturated carbocycles. The number of aldehydes is 1. The third-order valence-corrected chi connectivity index (χ3v) is 6.77. The molecular weight excluding hydrogens is 458 g/mol. The van der Waals surface area contributed by atoms with Crippen LogP contribution in [0.4, 0.5) is 10.1 Å². The second-order valence-corrected chi connectivity index (χ2v) is 9.36. The van der Waals surface area contributed by atoms with Gasteiger partial charge in [-0.15, -0.1) is 0 Å². The number of aryl methyl sites for hydroxylation is 1. The van der Waals surface area contributed by atoms with Crippen LogP contribution in [0.2, 0.25) is 0 Å². The van der Waals surface area contributed by atoms with Gasteiger partial charge in [-0.1, -0.05) is 35.4 Å². The van der Waals surface area contributed by atoms with Crippen molar-refractivity contribution in [3.8, 4) is 0 Å². The van der Waals surface area contributed by atoms with Crippen molar-refractivity contribution in [2.24, 2.45) is 0 Å². The van der Waals surface area contributed by atoms with Gasteiger partial charge in [0.05, 0.1) is 29.6 Å². The molecule has 0 atom stereocenters. The molecule has 0 aliphatic heterocycles. The summed E-state index contributed by atoms with van der Waals surface area (Å²) < 4.78 is 37.7. The molecule has 0 fully saturated rings. The highest BCUT2D eigenvalue weighted by Gasteiger charge is 2.28. The Hall–Kier alpha value is -2.25. The van der Waals surface area contributed by atoms with Gasteiger partial charge < -0.3 is 24.5 Å². The van der Waals surface area contributed by atoms with Crippen LogP contribution < -0.4 is 10.6 Å². The van der Waals surface area contributed by atoms with Crippen molar-refractivity contribution in [2.75, 3.05) is 24.7 Å². The van der Waals surface area contributed by atoms with Crippen molar-refractivity contribution in [2.45, 2.75) is 33.6 Å². The molecule has 1 aromatic rings. The van der Waals surface area contributed by atoms with Crippen LogP contribution in [0.5, 0.6) is 0 Å². The molecule has 10 heteroatoms. The number of anilines is 1. The number of benzene rings is 1. The maximum absolute atomic E-state index is 14.8. The van der Waals surface area contributed by atoms with Gasteiger partial charge in [-0.2, -0.15) is 0 Å². The third-order valence-electron chi connectivity index (χ3n) is 4.40. The van der Waals surface area contributed by atoms with Gasteiger partial charge in [0.25, 0.3) is 0 Å². The van der Waals surface area contributed by atoms with Crippen molar-refractivity contribution in [1.29, 1.82) is 0 Å². The quantitative estimate of drug-likeness (QED) is 0.334. The lowest BCUT2D eigenvalue weighted by Gasteiger charge is -2.18. The summed E-state index contributed by atoms with van der Waals surface area (Å²) in [5.41, 5.74) is 2.26. The van der Waals surface area contributed by atoms with E-state index in [1.165, 1.54) is 12.2 Å². The minimum atomic E-state index is -3.61. The molecule has 1 aliphatic carbocycles. The lowest BCUT2D eigenvalue weighted by atomic mass is 10.1. The number of carbonyl (C=O) groups is 2. The summed E-state index contributed by atoms with van der Waals surface area (Å²) in [6.45, 7) is 5.42. The van der Waals surface area contributed by atoms with E-state index in [0.717, 1.165) is 11.8 Å². The van der Waals surface area contributed by atoms with E-state index in [0.29, 0.717) is 11.3 Å². The first kappa shape index (κ1) is 26.0. The summed E-state index contributed by atoms with van der Waals surface area (Å²) in [4.78, 5) is 23.6. The van der Waals surface area contributed by atoms with Gasteiger partial charge >= 0.3 is 7.60 Å². The molecule has 1 aromatic carbocycles. The summed E-state index contributed by atoms with van der Waals surface area (Å²) in [5.74, 6) is -1.19. The van der Waals surface area contributed by atoms with Gasteiger partial charge in [-0.05, 0) is 38.5 Å². The Morgan fingerprint density at radius 1 is 1.28 bits per heavy atom. The molecule has 0 unspecified atom stereocenters. The molecular formula is C22H27ClFN2O5P. The summed E-state index contributed by atoms with van der Waals surface area (Å²) in [5, 5.41) is 5.45. The highest BCUT2D eigenvalue weighted by atomic mass is 35.5. The number of rotatable bonds is 11. The number of halogens is 2. The van der Waals surface area contributed by atoms with Crippen LogP contribution >= 0.6 is 19.2 Å². The molecule has 0 heterocycles. The number of allylic oxidation sites excluding steroid dienone is 4. The van der Waals surface area contributed by atoms with E-state index in [1.54, 1.807) is 19.9 Å². The predicted molar refractivity (Wildman–Crippen MR) is 123 cm³/mol. The minimum absolute atomic E-state index is 0.0271. The van der Waals surface area contributed by atoms with E-state index in [1.807, 2.05) is 19.1 Å². The van der Waals surface area contributed by atoms with Gasteiger partial charge in [-0.25, -0.2) is 4.39 Å². The number of hydrogen-bond acceptors (Lipinski definition) is 6. The molecule has 1 amide bonds. The van der Waals surface area contributed by atoms with E-state index in [2.05, 4.69) is 10.6 Å². The SMILES string of the molecule is CCOP(=O)(CC(=O)NC1=C(Cl)C(Nc2ccc(C)cc2CC=O)=C(F)CC=C1)OCC. The van der Waals surface area contributed by atoms with E-state index in [-0.39, 0.29) is 42.5 Å². The molecule has 0 bridgehead atoms. The summed E-state index contributed by atoms with van der Waals surface area (Å²) in [6, 6.07) is 5.38. The zero-order valence-corrected chi connectivity index (χ0v) is 19.9. The molecule has 32 heavy (non-hydrogen) atoms. The van der Waals surface area contributed by atoms with Gasteiger partial charge in [-0.3, -0.25) is 9.36 Å². The first-order valence-electron chi connectivity index (χ1n) is 10.2. The number of hydrogen-bond donors (Lipinski definition) is 2. The largest absolute Gasteiger partial charge is 0.352 e. The molecule has 0 radical (unpaired) electrons. The molecule has 7 nitrogen and oxygen atoms in total. The maximum atomic E-state index is 14.8. The maximum Gasteiger partial charge on any atom is 0.340 e. The number of amides is 1. The number of nitrogens with one attached hydrogen (secondary N) is 2. The lowest BCUT2D eigenvalue weighted by Crippen LogP contribution is -2.27. The van der Waals surface area contributed by atoms with Crippen molar-refractivity contribution < 1.29 is 27.6 Å². The van der Waals surface area contributed by atoms with Crippen LogP contribution in [-0.2, 0) is 29.6 Å². The molecule has 0 saturated heterocycles. The van der Waals surface area contributed by atoms with Crippen molar-refractivity contribution >= 4 is 37.1 Å². The van der Waals surface area contributed by atoms with E-state index >= 15 is 0 Å².